The highest BCUT2D eigenvalue weighted by atomic mass is 16.5. The van der Waals surface area contributed by atoms with Crippen molar-refractivity contribution in [3.05, 3.63) is 119 Å². The number of aromatic nitrogens is 2. The molecule has 4 nitrogen and oxygen atoms in total. The summed E-state index contributed by atoms with van der Waals surface area (Å²) in [5.74, 6) is 0. The molecule has 29 heavy (non-hydrogen) atoms. The predicted molar refractivity (Wildman–Crippen MR) is 114 cm³/mol. The average Bonchev–Trinajstić information content (AvgIpc) is 3.32. The summed E-state index contributed by atoms with van der Waals surface area (Å²) < 4.78 is 4.97. The van der Waals surface area contributed by atoms with E-state index in [1.807, 2.05) is 97.1 Å². The van der Waals surface area contributed by atoms with Crippen molar-refractivity contribution in [3.8, 4) is 6.07 Å². The molecule has 0 saturated heterocycles. The molecule has 4 aromatic rings. The Morgan fingerprint density at radius 1 is 0.862 bits per heavy atom. The Balaban J connectivity index is 1.85. The van der Waals surface area contributed by atoms with Crippen LogP contribution in [0.5, 0.6) is 0 Å². The van der Waals surface area contributed by atoms with Gasteiger partial charge in [-0.25, -0.2) is 0 Å². The highest BCUT2D eigenvalue weighted by Gasteiger charge is 2.11. The number of rotatable bonds is 5. The van der Waals surface area contributed by atoms with E-state index < -0.39 is 0 Å². The fourth-order valence-electron chi connectivity index (χ4n) is 3.10. The van der Waals surface area contributed by atoms with E-state index in [-0.39, 0.29) is 0 Å². The number of nitriles is 1. The average molecular weight is 375 g/mol. The van der Waals surface area contributed by atoms with Crippen molar-refractivity contribution in [1.82, 2.24) is 10.4 Å². The summed E-state index contributed by atoms with van der Waals surface area (Å²) in [6.45, 7) is 0. The molecule has 0 radical (unpaired) electrons. The third-order valence-corrected chi connectivity index (χ3v) is 4.52. The number of nitrogens with zero attached hydrogens (tertiary/aromatic N) is 3. The molecular formula is C25H17N3O. The van der Waals surface area contributed by atoms with Gasteiger partial charge >= 0.3 is 0 Å². The van der Waals surface area contributed by atoms with E-state index in [0.29, 0.717) is 11.3 Å². The van der Waals surface area contributed by atoms with Crippen molar-refractivity contribution < 1.29 is 4.52 Å². The number of benzene rings is 3. The standard InChI is InChI=1S/C25H17N3O/c26-17-22-13-7-12-21(23(22)15-14-19-8-3-1-4-9-19)16-24(25-18-29-28-27-25)20-10-5-2-6-11-20/h1-16,18H. The largest absolute Gasteiger partial charge is 0.345 e. The lowest BCUT2D eigenvalue weighted by molar-refractivity contribution is 0.393. The van der Waals surface area contributed by atoms with Gasteiger partial charge in [-0.2, -0.15) is 5.26 Å². The highest BCUT2D eigenvalue weighted by molar-refractivity contribution is 5.92. The molecule has 1 aromatic heterocycles. The molecule has 0 fully saturated rings. The van der Waals surface area contributed by atoms with Gasteiger partial charge in [0.2, 0.25) is 0 Å². The smallest absolute Gasteiger partial charge is 0.152 e. The first-order valence-corrected chi connectivity index (χ1v) is 9.16. The maximum atomic E-state index is 9.63. The fraction of sp³-hybridized carbons (Fsp3) is 0. The van der Waals surface area contributed by atoms with E-state index in [1.165, 1.54) is 6.26 Å². The minimum absolute atomic E-state index is 0.608. The third-order valence-electron chi connectivity index (χ3n) is 4.52. The monoisotopic (exact) mass is 375 g/mol. The van der Waals surface area contributed by atoms with E-state index in [0.717, 1.165) is 27.8 Å². The molecule has 0 saturated carbocycles. The molecule has 0 unspecified atom stereocenters. The van der Waals surface area contributed by atoms with Crippen LogP contribution in [0.15, 0.2) is 89.6 Å². The molecule has 3 aromatic carbocycles. The minimum atomic E-state index is 0.608. The Morgan fingerprint density at radius 2 is 1.62 bits per heavy atom. The third kappa shape index (κ3) is 4.20. The molecule has 0 amide bonds. The molecule has 0 N–H and O–H groups in total. The minimum Gasteiger partial charge on any atom is -0.345 e. The molecular weight excluding hydrogens is 358 g/mol. The molecule has 138 valence electrons. The van der Waals surface area contributed by atoms with Gasteiger partial charge in [0, 0.05) is 10.8 Å². The first-order chi connectivity index (χ1) is 14.3. The molecule has 4 heteroatoms. The molecule has 0 aliphatic carbocycles. The summed E-state index contributed by atoms with van der Waals surface area (Å²) in [5, 5.41) is 17.3. The van der Waals surface area contributed by atoms with Gasteiger partial charge in [-0.15, -0.1) is 5.10 Å². The van der Waals surface area contributed by atoms with Crippen LogP contribution in [0.1, 0.15) is 33.5 Å². The summed E-state index contributed by atoms with van der Waals surface area (Å²) in [7, 11) is 0. The van der Waals surface area contributed by atoms with Crippen LogP contribution in [-0.2, 0) is 0 Å². The predicted octanol–water partition coefficient (Wildman–Crippen LogP) is 5.70. The molecule has 1 heterocycles. The number of hydrogen-bond donors (Lipinski definition) is 0. The van der Waals surface area contributed by atoms with Gasteiger partial charge in [0.1, 0.15) is 5.69 Å². The van der Waals surface area contributed by atoms with Gasteiger partial charge < -0.3 is 4.52 Å². The lowest BCUT2D eigenvalue weighted by Gasteiger charge is -2.08. The van der Waals surface area contributed by atoms with Crippen molar-refractivity contribution in [2.45, 2.75) is 0 Å². The van der Waals surface area contributed by atoms with Crippen LogP contribution < -0.4 is 0 Å². The molecule has 0 aliphatic heterocycles. The van der Waals surface area contributed by atoms with Crippen molar-refractivity contribution in [2.75, 3.05) is 0 Å². The van der Waals surface area contributed by atoms with Gasteiger partial charge in [-0.3, -0.25) is 0 Å². The van der Waals surface area contributed by atoms with Crippen molar-refractivity contribution in [2.24, 2.45) is 0 Å². The topological polar surface area (TPSA) is 62.7 Å². The Hall–Kier alpha value is -4.23. The molecule has 0 spiro atoms. The van der Waals surface area contributed by atoms with E-state index >= 15 is 0 Å². The fourth-order valence-corrected chi connectivity index (χ4v) is 3.10. The van der Waals surface area contributed by atoms with Crippen molar-refractivity contribution in [3.63, 3.8) is 0 Å². The Bertz CT molecular complexity index is 1190. The van der Waals surface area contributed by atoms with E-state index in [4.69, 9.17) is 4.52 Å². The Morgan fingerprint density at radius 3 is 2.31 bits per heavy atom. The van der Waals surface area contributed by atoms with Gasteiger partial charge in [-0.1, -0.05) is 84.9 Å². The van der Waals surface area contributed by atoms with Gasteiger partial charge in [0.15, 0.2) is 6.26 Å². The van der Waals surface area contributed by atoms with Crippen LogP contribution >= 0.6 is 0 Å². The van der Waals surface area contributed by atoms with Gasteiger partial charge in [-0.05, 0) is 34.4 Å². The van der Waals surface area contributed by atoms with Gasteiger partial charge in [0.25, 0.3) is 0 Å². The summed E-state index contributed by atoms with van der Waals surface area (Å²) in [4.78, 5) is 0. The quantitative estimate of drug-likeness (QED) is 0.420. The highest BCUT2D eigenvalue weighted by Crippen LogP contribution is 2.27. The van der Waals surface area contributed by atoms with Crippen LogP contribution in [-0.4, -0.2) is 10.4 Å². The Labute approximate surface area is 169 Å². The van der Waals surface area contributed by atoms with Crippen LogP contribution in [0.2, 0.25) is 0 Å². The first-order valence-electron chi connectivity index (χ1n) is 9.16. The number of hydrogen-bond acceptors (Lipinski definition) is 4. The Kier molecular flexibility index (Phi) is 5.41. The summed E-state index contributed by atoms with van der Waals surface area (Å²) >= 11 is 0. The lowest BCUT2D eigenvalue weighted by atomic mass is 9.95. The molecule has 0 atom stereocenters. The van der Waals surface area contributed by atoms with Crippen molar-refractivity contribution in [1.29, 1.82) is 5.26 Å². The molecule has 0 aliphatic rings. The summed E-state index contributed by atoms with van der Waals surface area (Å²) in [6, 6.07) is 27.9. The summed E-state index contributed by atoms with van der Waals surface area (Å²) in [5.41, 5.74) is 5.94. The van der Waals surface area contributed by atoms with Crippen LogP contribution in [0.3, 0.4) is 0 Å². The second-order valence-electron chi connectivity index (χ2n) is 6.38. The second-order valence-corrected chi connectivity index (χ2v) is 6.38. The SMILES string of the molecule is N#Cc1cccc(C=C(c2ccccc2)c2conn2)c1C=Cc1ccccc1. The maximum Gasteiger partial charge on any atom is 0.152 e. The molecule has 4 rings (SSSR count). The second kappa shape index (κ2) is 8.64. The van der Waals surface area contributed by atoms with E-state index in [1.54, 1.807) is 0 Å². The summed E-state index contributed by atoms with van der Waals surface area (Å²) in [6.07, 6.45) is 7.52. The molecule has 0 bridgehead atoms. The first kappa shape index (κ1) is 18.1. The zero-order chi connectivity index (χ0) is 19.9. The zero-order valence-corrected chi connectivity index (χ0v) is 15.6. The van der Waals surface area contributed by atoms with Gasteiger partial charge in [0.05, 0.1) is 11.6 Å². The van der Waals surface area contributed by atoms with E-state index in [2.05, 4.69) is 16.4 Å². The van der Waals surface area contributed by atoms with Crippen LogP contribution in [0, 0.1) is 11.3 Å². The van der Waals surface area contributed by atoms with E-state index in [9.17, 15) is 5.26 Å². The van der Waals surface area contributed by atoms with Crippen molar-refractivity contribution >= 4 is 23.8 Å². The lowest BCUT2D eigenvalue weighted by Crippen LogP contribution is -1.92. The van der Waals surface area contributed by atoms with Crippen LogP contribution in [0.4, 0.5) is 0 Å². The van der Waals surface area contributed by atoms with Crippen LogP contribution in [0.25, 0.3) is 23.8 Å². The normalized spacial score (nSPS) is 11.5. The maximum absolute atomic E-state index is 9.63. The zero-order valence-electron chi connectivity index (χ0n) is 15.6.